The predicted octanol–water partition coefficient (Wildman–Crippen LogP) is 0.646. The van der Waals surface area contributed by atoms with Crippen molar-refractivity contribution < 1.29 is 29.4 Å². The number of carbonyl (C=O) groups is 4. The fourth-order valence-corrected chi connectivity index (χ4v) is 2.94. The Labute approximate surface area is 121 Å². The topological polar surface area (TPSA) is 112 Å². The number of hydrogen-bond acceptors (Lipinski definition) is 4. The molecule has 2 N–H and O–H groups in total. The molecule has 0 spiro atoms. The van der Waals surface area contributed by atoms with Crippen LogP contribution in [0.3, 0.4) is 0 Å². The summed E-state index contributed by atoms with van der Waals surface area (Å²) in [5, 5.41) is 17.9. The fourth-order valence-electron chi connectivity index (χ4n) is 2.94. The normalized spacial score (nSPS) is 25.8. The highest BCUT2D eigenvalue weighted by Gasteiger charge is 2.51. The molecule has 3 atom stereocenters. The summed E-state index contributed by atoms with van der Waals surface area (Å²) in [7, 11) is 0. The van der Waals surface area contributed by atoms with Crippen LogP contribution in [-0.4, -0.2) is 44.9 Å². The highest BCUT2D eigenvalue weighted by molar-refractivity contribution is 6.07. The third-order valence-electron chi connectivity index (χ3n) is 4.01. The van der Waals surface area contributed by atoms with Crippen molar-refractivity contribution in [2.45, 2.75) is 38.1 Å². The first-order valence-electron chi connectivity index (χ1n) is 6.90. The van der Waals surface area contributed by atoms with E-state index in [2.05, 4.69) is 0 Å². The van der Waals surface area contributed by atoms with Gasteiger partial charge in [0.2, 0.25) is 11.8 Å². The van der Waals surface area contributed by atoms with Crippen molar-refractivity contribution in [2.75, 3.05) is 0 Å². The maximum Gasteiger partial charge on any atom is 0.326 e. The summed E-state index contributed by atoms with van der Waals surface area (Å²) in [6, 6.07) is -1.27. The zero-order valence-corrected chi connectivity index (χ0v) is 11.4. The Balaban J connectivity index is 2.13. The first kappa shape index (κ1) is 15.2. The number of amides is 2. The molecule has 1 saturated heterocycles. The highest BCUT2D eigenvalue weighted by atomic mass is 16.4. The number of fused-ring (bicyclic) bond motifs is 1. The Bertz CT molecular complexity index is 486. The molecule has 1 aliphatic carbocycles. The van der Waals surface area contributed by atoms with Crippen LogP contribution in [0.25, 0.3) is 0 Å². The number of likely N-dealkylation sites (tertiary alicyclic amines) is 1. The molecule has 0 aromatic heterocycles. The summed E-state index contributed by atoms with van der Waals surface area (Å²) in [6.45, 7) is 0. The fraction of sp³-hybridized carbons (Fsp3) is 0.571. The number of carbonyl (C=O) groups excluding carboxylic acids is 2. The van der Waals surface area contributed by atoms with E-state index in [9.17, 15) is 24.3 Å². The smallest absolute Gasteiger partial charge is 0.326 e. The minimum absolute atomic E-state index is 0.0357. The predicted molar refractivity (Wildman–Crippen MR) is 70.1 cm³/mol. The van der Waals surface area contributed by atoms with Crippen molar-refractivity contribution in [1.29, 1.82) is 0 Å². The molecule has 3 unspecified atom stereocenters. The first-order valence-corrected chi connectivity index (χ1v) is 6.90. The molecule has 1 aliphatic heterocycles. The number of carboxylic acids is 2. The Kier molecular flexibility index (Phi) is 4.40. The second-order valence-electron chi connectivity index (χ2n) is 5.34. The number of imide groups is 1. The van der Waals surface area contributed by atoms with Crippen molar-refractivity contribution in [3.8, 4) is 0 Å². The molecule has 0 aromatic carbocycles. The van der Waals surface area contributed by atoms with Crippen LogP contribution in [-0.2, 0) is 19.2 Å². The van der Waals surface area contributed by atoms with Crippen molar-refractivity contribution in [1.82, 2.24) is 4.90 Å². The molecule has 7 nitrogen and oxygen atoms in total. The lowest BCUT2D eigenvalue weighted by Gasteiger charge is -2.22. The molecule has 0 aromatic rings. The van der Waals surface area contributed by atoms with Gasteiger partial charge in [0.15, 0.2) is 0 Å². The van der Waals surface area contributed by atoms with Gasteiger partial charge in [0.1, 0.15) is 6.04 Å². The summed E-state index contributed by atoms with van der Waals surface area (Å²) in [5.41, 5.74) is 0. The average molecular weight is 295 g/mol. The first-order chi connectivity index (χ1) is 9.93. The molecule has 2 aliphatic rings. The lowest BCUT2D eigenvalue weighted by atomic mass is 9.85. The van der Waals surface area contributed by atoms with E-state index in [1.54, 1.807) is 0 Å². The maximum atomic E-state index is 12.3. The Morgan fingerprint density at radius 1 is 1.14 bits per heavy atom. The number of rotatable bonds is 6. The zero-order chi connectivity index (χ0) is 15.6. The summed E-state index contributed by atoms with van der Waals surface area (Å²) in [6.07, 6.45) is 4.45. The van der Waals surface area contributed by atoms with E-state index in [0.29, 0.717) is 12.8 Å². The van der Waals surface area contributed by atoms with Crippen molar-refractivity contribution >= 4 is 23.8 Å². The molecule has 1 heterocycles. The van der Waals surface area contributed by atoms with Crippen molar-refractivity contribution in [3.63, 3.8) is 0 Å². The molecule has 0 radical (unpaired) electrons. The summed E-state index contributed by atoms with van der Waals surface area (Å²) in [4.78, 5) is 47.3. The van der Waals surface area contributed by atoms with E-state index >= 15 is 0 Å². The standard InChI is InChI=1S/C14H17NO6/c16-11(17)7-3-6-10(14(20)21)15-12(18)8-4-1-2-5-9(8)13(15)19/h1-2,8-10H,3-7H2,(H,16,17)(H,20,21). The third kappa shape index (κ3) is 2.96. The Hall–Kier alpha value is -2.18. The zero-order valence-electron chi connectivity index (χ0n) is 11.4. The van der Waals surface area contributed by atoms with E-state index in [1.807, 2.05) is 12.2 Å². The molecule has 2 rings (SSSR count). The van der Waals surface area contributed by atoms with E-state index in [-0.39, 0.29) is 19.3 Å². The van der Waals surface area contributed by atoms with E-state index in [4.69, 9.17) is 5.11 Å². The lowest BCUT2D eigenvalue weighted by molar-refractivity contribution is -0.155. The molecule has 21 heavy (non-hydrogen) atoms. The second-order valence-corrected chi connectivity index (χ2v) is 5.34. The maximum absolute atomic E-state index is 12.3. The number of carboxylic acid groups (broad SMARTS) is 2. The van der Waals surface area contributed by atoms with Crippen LogP contribution in [0.15, 0.2) is 12.2 Å². The quantitative estimate of drug-likeness (QED) is 0.549. The van der Waals surface area contributed by atoms with Gasteiger partial charge >= 0.3 is 11.9 Å². The van der Waals surface area contributed by atoms with E-state index in [1.165, 1.54) is 0 Å². The summed E-state index contributed by atoms with van der Waals surface area (Å²) < 4.78 is 0. The van der Waals surface area contributed by atoms with Crippen molar-refractivity contribution in [2.24, 2.45) is 11.8 Å². The molecule has 7 heteroatoms. The number of hydrogen-bond donors (Lipinski definition) is 2. The van der Waals surface area contributed by atoms with Gasteiger partial charge in [0.05, 0.1) is 11.8 Å². The number of allylic oxidation sites excluding steroid dienone is 2. The second kappa shape index (κ2) is 6.07. The Morgan fingerprint density at radius 3 is 2.10 bits per heavy atom. The van der Waals surface area contributed by atoms with Gasteiger partial charge in [-0.2, -0.15) is 0 Å². The third-order valence-corrected chi connectivity index (χ3v) is 4.01. The highest BCUT2D eigenvalue weighted by Crippen LogP contribution is 2.36. The molecule has 2 amide bonds. The van der Waals surface area contributed by atoms with Gasteiger partial charge in [-0.25, -0.2) is 4.79 Å². The van der Waals surface area contributed by atoms with E-state index < -0.39 is 41.6 Å². The minimum Gasteiger partial charge on any atom is -0.481 e. The van der Waals surface area contributed by atoms with Crippen LogP contribution in [0.4, 0.5) is 0 Å². The van der Waals surface area contributed by atoms with Gasteiger partial charge in [-0.15, -0.1) is 0 Å². The van der Waals surface area contributed by atoms with Gasteiger partial charge in [0.25, 0.3) is 0 Å². The number of aliphatic carboxylic acids is 2. The molecule has 114 valence electrons. The SMILES string of the molecule is O=C(O)CCCC(C(=O)O)N1C(=O)C2CC=CCC2C1=O. The largest absolute Gasteiger partial charge is 0.481 e. The van der Waals surface area contributed by atoms with Gasteiger partial charge in [-0.3, -0.25) is 19.3 Å². The van der Waals surface area contributed by atoms with Crippen LogP contribution in [0.2, 0.25) is 0 Å². The van der Waals surface area contributed by atoms with Gasteiger partial charge < -0.3 is 10.2 Å². The molecule has 0 saturated carbocycles. The summed E-state index contributed by atoms with van der Waals surface area (Å²) in [5.74, 6) is -4.13. The van der Waals surface area contributed by atoms with Gasteiger partial charge in [-0.1, -0.05) is 12.2 Å². The number of nitrogens with zero attached hydrogens (tertiary/aromatic N) is 1. The molecule has 1 fully saturated rings. The van der Waals surface area contributed by atoms with Gasteiger partial charge in [0, 0.05) is 6.42 Å². The van der Waals surface area contributed by atoms with Crippen LogP contribution in [0.1, 0.15) is 32.1 Å². The van der Waals surface area contributed by atoms with Crippen LogP contribution < -0.4 is 0 Å². The minimum atomic E-state index is -1.27. The monoisotopic (exact) mass is 295 g/mol. The molecular weight excluding hydrogens is 278 g/mol. The Morgan fingerprint density at radius 2 is 1.67 bits per heavy atom. The summed E-state index contributed by atoms with van der Waals surface area (Å²) >= 11 is 0. The van der Waals surface area contributed by atoms with Crippen LogP contribution in [0, 0.1) is 11.8 Å². The van der Waals surface area contributed by atoms with E-state index in [0.717, 1.165) is 4.90 Å². The van der Waals surface area contributed by atoms with Crippen molar-refractivity contribution in [3.05, 3.63) is 12.2 Å². The average Bonchev–Trinajstić information content (AvgIpc) is 2.68. The molecule has 0 bridgehead atoms. The lowest BCUT2D eigenvalue weighted by Crippen LogP contribution is -2.45. The van der Waals surface area contributed by atoms with Crippen LogP contribution >= 0.6 is 0 Å². The van der Waals surface area contributed by atoms with Crippen LogP contribution in [0.5, 0.6) is 0 Å². The molecular formula is C14H17NO6. The van der Waals surface area contributed by atoms with Gasteiger partial charge in [-0.05, 0) is 25.7 Å².